The summed E-state index contributed by atoms with van der Waals surface area (Å²) in [5.74, 6) is 0.507. The summed E-state index contributed by atoms with van der Waals surface area (Å²) in [7, 11) is -3.41. The topological polar surface area (TPSA) is 37.4 Å². The Morgan fingerprint density at radius 1 is 1.25 bits per heavy atom. The molecule has 20 heavy (non-hydrogen) atoms. The molecule has 2 aromatic rings. The maximum absolute atomic E-state index is 12.6. The standard InChI is InChI=1S/C13H16ClNO2S3/c1-2-15(10-12-4-3-9-18-12)20(16,17)13-6-5-11(19-13)7-8-14/h3-6,9H,2,7-8,10H2,1H3. The van der Waals surface area contributed by atoms with Gasteiger partial charge in [0, 0.05) is 28.7 Å². The largest absolute Gasteiger partial charge is 0.252 e. The molecule has 0 N–H and O–H groups in total. The minimum atomic E-state index is -3.41. The molecule has 0 saturated carbocycles. The van der Waals surface area contributed by atoms with Crippen LogP contribution in [0.1, 0.15) is 16.7 Å². The van der Waals surface area contributed by atoms with Gasteiger partial charge >= 0.3 is 0 Å². The SMILES string of the molecule is CCN(Cc1cccs1)S(=O)(=O)c1ccc(CCCl)s1. The van der Waals surface area contributed by atoms with Gasteiger partial charge in [-0.3, -0.25) is 0 Å². The van der Waals surface area contributed by atoms with Crippen LogP contribution in [-0.2, 0) is 23.0 Å². The maximum Gasteiger partial charge on any atom is 0.252 e. The maximum atomic E-state index is 12.6. The lowest BCUT2D eigenvalue weighted by atomic mass is 10.4. The minimum absolute atomic E-state index is 0.399. The zero-order valence-electron chi connectivity index (χ0n) is 11.1. The Labute approximate surface area is 132 Å². The predicted molar refractivity (Wildman–Crippen MR) is 86.3 cm³/mol. The first-order valence-corrected chi connectivity index (χ1v) is 9.92. The highest BCUT2D eigenvalue weighted by Gasteiger charge is 2.25. The molecule has 0 aromatic carbocycles. The molecule has 0 aliphatic heterocycles. The van der Waals surface area contributed by atoms with E-state index in [4.69, 9.17) is 11.6 Å². The fourth-order valence-corrected chi connectivity index (χ4v) is 5.85. The van der Waals surface area contributed by atoms with Gasteiger partial charge in [0.25, 0.3) is 10.0 Å². The molecule has 0 saturated heterocycles. The summed E-state index contributed by atoms with van der Waals surface area (Å²) >= 11 is 8.57. The number of hydrogen-bond acceptors (Lipinski definition) is 4. The molecular formula is C13H16ClNO2S3. The van der Waals surface area contributed by atoms with Crippen molar-refractivity contribution >= 4 is 44.3 Å². The summed E-state index contributed by atoms with van der Waals surface area (Å²) in [5.41, 5.74) is 0. The number of rotatable bonds is 7. The van der Waals surface area contributed by atoms with Gasteiger partial charge in [0.05, 0.1) is 0 Å². The van der Waals surface area contributed by atoms with Crippen molar-refractivity contribution < 1.29 is 8.42 Å². The van der Waals surface area contributed by atoms with Crippen molar-refractivity contribution in [3.63, 3.8) is 0 Å². The van der Waals surface area contributed by atoms with Crippen molar-refractivity contribution in [2.24, 2.45) is 0 Å². The molecule has 110 valence electrons. The smallest absolute Gasteiger partial charge is 0.206 e. The van der Waals surface area contributed by atoms with E-state index in [1.165, 1.54) is 15.6 Å². The van der Waals surface area contributed by atoms with E-state index in [1.54, 1.807) is 17.4 Å². The third-order valence-corrected chi connectivity index (χ3v) is 7.42. The van der Waals surface area contributed by atoms with Gasteiger partial charge in [0.1, 0.15) is 4.21 Å². The van der Waals surface area contributed by atoms with Crippen molar-refractivity contribution in [1.29, 1.82) is 0 Å². The van der Waals surface area contributed by atoms with Gasteiger partial charge < -0.3 is 0 Å². The Morgan fingerprint density at radius 3 is 2.65 bits per heavy atom. The fraction of sp³-hybridized carbons (Fsp3) is 0.385. The second-order valence-corrected chi connectivity index (χ2v) is 8.91. The zero-order chi connectivity index (χ0) is 14.6. The van der Waals surface area contributed by atoms with E-state index in [9.17, 15) is 8.42 Å². The highest BCUT2D eigenvalue weighted by Crippen LogP contribution is 2.27. The number of halogens is 1. The van der Waals surface area contributed by atoms with Gasteiger partial charge in [-0.1, -0.05) is 13.0 Å². The second-order valence-electron chi connectivity index (χ2n) is 4.17. The molecule has 2 rings (SSSR count). The molecule has 7 heteroatoms. The summed E-state index contributed by atoms with van der Waals surface area (Å²) in [6, 6.07) is 7.41. The Bertz CT molecular complexity index is 634. The average Bonchev–Trinajstić information content (AvgIpc) is 3.07. The van der Waals surface area contributed by atoms with Crippen LogP contribution in [0, 0.1) is 0 Å². The number of alkyl halides is 1. The summed E-state index contributed by atoms with van der Waals surface area (Å²) in [4.78, 5) is 2.05. The van der Waals surface area contributed by atoms with Crippen LogP contribution in [0.25, 0.3) is 0 Å². The van der Waals surface area contributed by atoms with E-state index in [0.29, 0.717) is 29.6 Å². The summed E-state index contributed by atoms with van der Waals surface area (Å²) in [6.45, 7) is 2.75. The molecule has 0 fully saturated rings. The average molecular weight is 350 g/mol. The van der Waals surface area contributed by atoms with Gasteiger partial charge in [0.2, 0.25) is 0 Å². The molecule has 0 bridgehead atoms. The Hall–Kier alpha value is -0.400. The third kappa shape index (κ3) is 3.62. The molecule has 2 heterocycles. The lowest BCUT2D eigenvalue weighted by Gasteiger charge is -2.18. The summed E-state index contributed by atoms with van der Waals surface area (Å²) in [6.07, 6.45) is 0.707. The van der Waals surface area contributed by atoms with Crippen molar-refractivity contribution in [1.82, 2.24) is 4.31 Å². The molecule has 0 unspecified atom stereocenters. The highest BCUT2D eigenvalue weighted by molar-refractivity contribution is 7.91. The van der Waals surface area contributed by atoms with Crippen molar-refractivity contribution in [2.75, 3.05) is 12.4 Å². The normalized spacial score (nSPS) is 12.2. The molecule has 0 aliphatic carbocycles. The zero-order valence-corrected chi connectivity index (χ0v) is 14.3. The number of thiophene rings is 2. The Balaban J connectivity index is 2.21. The Morgan fingerprint density at radius 2 is 2.05 bits per heavy atom. The third-order valence-electron chi connectivity index (χ3n) is 2.84. The van der Waals surface area contributed by atoms with Crippen LogP contribution in [0.2, 0.25) is 0 Å². The van der Waals surface area contributed by atoms with E-state index in [1.807, 2.05) is 30.5 Å². The van der Waals surface area contributed by atoms with Gasteiger partial charge in [-0.15, -0.1) is 34.3 Å². The number of nitrogens with zero attached hydrogens (tertiary/aromatic N) is 1. The molecule has 2 aromatic heterocycles. The predicted octanol–water partition coefficient (Wildman–Crippen LogP) is 3.80. The minimum Gasteiger partial charge on any atom is -0.206 e. The van der Waals surface area contributed by atoms with E-state index in [-0.39, 0.29) is 0 Å². The molecule has 0 radical (unpaired) electrons. The quantitative estimate of drug-likeness (QED) is 0.713. The van der Waals surface area contributed by atoms with Crippen molar-refractivity contribution in [3.05, 3.63) is 39.4 Å². The summed E-state index contributed by atoms with van der Waals surface area (Å²) in [5, 5.41) is 1.96. The molecule has 0 amide bonds. The molecular weight excluding hydrogens is 334 g/mol. The van der Waals surface area contributed by atoms with E-state index >= 15 is 0 Å². The van der Waals surface area contributed by atoms with Crippen LogP contribution in [-0.4, -0.2) is 25.1 Å². The van der Waals surface area contributed by atoms with Crippen molar-refractivity contribution in [3.8, 4) is 0 Å². The Kier molecular flexibility index (Phi) is 5.63. The lowest BCUT2D eigenvalue weighted by molar-refractivity contribution is 0.428. The van der Waals surface area contributed by atoms with Gasteiger partial charge in [-0.2, -0.15) is 4.31 Å². The fourth-order valence-electron chi connectivity index (χ4n) is 1.79. The number of hydrogen-bond donors (Lipinski definition) is 0. The molecule has 0 aliphatic rings. The first kappa shape index (κ1) is 16.0. The van der Waals surface area contributed by atoms with Gasteiger partial charge in [-0.25, -0.2) is 8.42 Å². The van der Waals surface area contributed by atoms with Crippen LogP contribution in [0.3, 0.4) is 0 Å². The second kappa shape index (κ2) is 7.04. The molecule has 0 spiro atoms. The van der Waals surface area contributed by atoms with E-state index in [0.717, 1.165) is 9.75 Å². The van der Waals surface area contributed by atoms with E-state index in [2.05, 4.69) is 0 Å². The number of aryl methyl sites for hydroxylation is 1. The monoisotopic (exact) mass is 349 g/mol. The van der Waals surface area contributed by atoms with Gasteiger partial charge in [-0.05, 0) is 30.0 Å². The summed E-state index contributed by atoms with van der Waals surface area (Å²) < 4.78 is 27.1. The van der Waals surface area contributed by atoms with Crippen molar-refractivity contribution in [2.45, 2.75) is 24.1 Å². The number of sulfonamides is 1. The lowest BCUT2D eigenvalue weighted by Crippen LogP contribution is -2.29. The van der Waals surface area contributed by atoms with Crippen LogP contribution in [0.5, 0.6) is 0 Å². The molecule has 3 nitrogen and oxygen atoms in total. The van der Waals surface area contributed by atoms with Crippen LogP contribution >= 0.6 is 34.3 Å². The van der Waals surface area contributed by atoms with Crippen LogP contribution in [0.15, 0.2) is 33.9 Å². The molecule has 0 atom stereocenters. The first-order valence-electron chi connectivity index (χ1n) is 6.25. The van der Waals surface area contributed by atoms with E-state index < -0.39 is 10.0 Å². The first-order chi connectivity index (χ1) is 9.57. The van der Waals surface area contributed by atoms with Crippen LogP contribution in [0.4, 0.5) is 0 Å². The highest BCUT2D eigenvalue weighted by atomic mass is 35.5. The van der Waals surface area contributed by atoms with Gasteiger partial charge in [0.15, 0.2) is 0 Å². The van der Waals surface area contributed by atoms with Crippen LogP contribution < -0.4 is 0 Å².